The third-order valence-corrected chi connectivity index (χ3v) is 3.39. The van der Waals surface area contributed by atoms with Crippen molar-refractivity contribution in [1.82, 2.24) is 10.3 Å². The molecule has 18 heavy (non-hydrogen) atoms. The number of hydrogen-bond donors (Lipinski definition) is 2. The van der Waals surface area contributed by atoms with E-state index in [0.29, 0.717) is 5.56 Å². The van der Waals surface area contributed by atoms with Gasteiger partial charge in [0.15, 0.2) is 0 Å². The van der Waals surface area contributed by atoms with Crippen LogP contribution >= 0.6 is 11.8 Å². The van der Waals surface area contributed by atoms with Crippen LogP contribution in [-0.4, -0.2) is 27.7 Å². The first-order chi connectivity index (χ1) is 8.61. The molecular formula is C11H11N3O3S. The number of nitrogen functional groups attached to an aromatic ring is 1. The van der Waals surface area contributed by atoms with E-state index in [1.54, 1.807) is 24.3 Å². The zero-order chi connectivity index (χ0) is 13.1. The van der Waals surface area contributed by atoms with Crippen LogP contribution in [0.1, 0.15) is 15.9 Å². The van der Waals surface area contributed by atoms with Crippen LogP contribution < -0.4 is 11.3 Å². The molecular weight excluding hydrogens is 254 g/mol. The van der Waals surface area contributed by atoms with Crippen molar-refractivity contribution in [3.8, 4) is 0 Å². The zero-order valence-electron chi connectivity index (χ0n) is 9.38. The lowest BCUT2D eigenvalue weighted by Crippen LogP contribution is -2.30. The van der Waals surface area contributed by atoms with Crippen LogP contribution in [0.25, 0.3) is 0 Å². The van der Waals surface area contributed by atoms with E-state index in [-0.39, 0.29) is 29.4 Å². The summed E-state index contributed by atoms with van der Waals surface area (Å²) in [6.45, 7) is 0.231. The smallest absolute Gasteiger partial charge is 0.289 e. The Morgan fingerprint density at radius 1 is 1.33 bits per heavy atom. The van der Waals surface area contributed by atoms with E-state index < -0.39 is 0 Å². The molecule has 0 radical (unpaired) electrons. The fourth-order valence-corrected chi connectivity index (χ4v) is 2.29. The normalized spacial score (nSPS) is 15.1. The molecule has 1 aromatic rings. The van der Waals surface area contributed by atoms with Crippen molar-refractivity contribution in [2.24, 2.45) is 5.84 Å². The van der Waals surface area contributed by atoms with Crippen LogP contribution in [0.3, 0.4) is 0 Å². The minimum atomic E-state index is -0.384. The number of nitrogens with zero attached hydrogens (tertiary/aromatic N) is 1. The molecule has 94 valence electrons. The molecule has 0 aliphatic carbocycles. The van der Waals surface area contributed by atoms with Gasteiger partial charge in [-0.3, -0.25) is 24.7 Å². The van der Waals surface area contributed by atoms with Gasteiger partial charge in [0.05, 0.1) is 12.3 Å². The van der Waals surface area contributed by atoms with E-state index in [4.69, 9.17) is 5.84 Å². The van der Waals surface area contributed by atoms with Gasteiger partial charge in [-0.2, -0.15) is 0 Å². The molecule has 1 fully saturated rings. The number of nitrogens with one attached hydrogen (secondary N) is 1. The third-order valence-electron chi connectivity index (χ3n) is 2.53. The van der Waals surface area contributed by atoms with Gasteiger partial charge in [0.25, 0.3) is 11.1 Å². The zero-order valence-corrected chi connectivity index (χ0v) is 10.2. The van der Waals surface area contributed by atoms with Gasteiger partial charge in [-0.1, -0.05) is 23.9 Å². The Bertz CT molecular complexity index is 485. The van der Waals surface area contributed by atoms with Crippen molar-refractivity contribution in [3.05, 3.63) is 35.4 Å². The second-order valence-electron chi connectivity index (χ2n) is 3.70. The molecule has 0 unspecified atom stereocenters. The molecule has 7 heteroatoms. The summed E-state index contributed by atoms with van der Waals surface area (Å²) in [4.78, 5) is 35.2. The van der Waals surface area contributed by atoms with Gasteiger partial charge in [0.2, 0.25) is 5.91 Å². The molecule has 3 amide bonds. The topological polar surface area (TPSA) is 92.5 Å². The second-order valence-corrected chi connectivity index (χ2v) is 4.63. The highest BCUT2D eigenvalue weighted by molar-refractivity contribution is 8.14. The van der Waals surface area contributed by atoms with Gasteiger partial charge >= 0.3 is 0 Å². The predicted octanol–water partition coefficient (Wildman–Crippen LogP) is 0.485. The molecule has 2 rings (SSSR count). The molecule has 0 aromatic heterocycles. The van der Waals surface area contributed by atoms with Gasteiger partial charge < -0.3 is 0 Å². The summed E-state index contributed by atoms with van der Waals surface area (Å²) in [7, 11) is 0. The van der Waals surface area contributed by atoms with E-state index >= 15 is 0 Å². The van der Waals surface area contributed by atoms with Gasteiger partial charge in [-0.15, -0.1) is 0 Å². The molecule has 0 atom stereocenters. The van der Waals surface area contributed by atoms with Gasteiger partial charge in [-0.25, -0.2) is 5.84 Å². The fourth-order valence-electron chi connectivity index (χ4n) is 1.56. The quantitative estimate of drug-likeness (QED) is 0.471. The van der Waals surface area contributed by atoms with Crippen molar-refractivity contribution < 1.29 is 14.4 Å². The van der Waals surface area contributed by atoms with Crippen molar-refractivity contribution in [1.29, 1.82) is 0 Å². The maximum absolute atomic E-state index is 11.4. The summed E-state index contributed by atoms with van der Waals surface area (Å²) >= 11 is 1.00. The van der Waals surface area contributed by atoms with E-state index in [0.717, 1.165) is 17.3 Å². The summed E-state index contributed by atoms with van der Waals surface area (Å²) in [6.07, 6.45) is 0. The van der Waals surface area contributed by atoms with Crippen molar-refractivity contribution >= 4 is 28.8 Å². The Balaban J connectivity index is 2.09. The predicted molar refractivity (Wildman–Crippen MR) is 66.5 cm³/mol. The minimum absolute atomic E-state index is 0.186. The minimum Gasteiger partial charge on any atom is -0.290 e. The van der Waals surface area contributed by atoms with Crippen molar-refractivity contribution in [3.63, 3.8) is 0 Å². The number of rotatable bonds is 3. The lowest BCUT2D eigenvalue weighted by Gasteiger charge is -2.12. The summed E-state index contributed by atoms with van der Waals surface area (Å²) in [5.41, 5.74) is 3.24. The second kappa shape index (κ2) is 5.19. The standard InChI is InChI=1S/C11H11N3O3S/c12-13-10(16)8-3-1-7(2-4-8)5-14-9(15)6-18-11(14)17/h1-4H,5-6,12H2,(H,13,16). The summed E-state index contributed by atoms with van der Waals surface area (Å²) in [5, 5.41) is -0.233. The van der Waals surface area contributed by atoms with Gasteiger partial charge in [0.1, 0.15) is 0 Å². The summed E-state index contributed by atoms with van der Waals surface area (Å²) in [6, 6.07) is 6.56. The monoisotopic (exact) mass is 265 g/mol. The summed E-state index contributed by atoms with van der Waals surface area (Å²) in [5.74, 6) is 4.64. The molecule has 1 aliphatic rings. The number of carbonyl (C=O) groups is 3. The highest BCUT2D eigenvalue weighted by Gasteiger charge is 2.29. The van der Waals surface area contributed by atoms with E-state index in [2.05, 4.69) is 0 Å². The van der Waals surface area contributed by atoms with Crippen LogP contribution in [0.5, 0.6) is 0 Å². The SMILES string of the molecule is NNC(=O)c1ccc(CN2C(=O)CSC2=O)cc1. The number of carbonyl (C=O) groups excluding carboxylic acids is 3. The first-order valence-corrected chi connectivity index (χ1v) is 6.17. The molecule has 3 N–H and O–H groups in total. The van der Waals surface area contributed by atoms with Crippen molar-refractivity contribution in [2.45, 2.75) is 6.54 Å². The van der Waals surface area contributed by atoms with Crippen LogP contribution in [0.15, 0.2) is 24.3 Å². The Labute approximate surface area is 107 Å². The van der Waals surface area contributed by atoms with Gasteiger partial charge in [-0.05, 0) is 17.7 Å². The largest absolute Gasteiger partial charge is 0.290 e. The number of hydrazine groups is 1. The molecule has 1 heterocycles. The highest BCUT2D eigenvalue weighted by atomic mass is 32.2. The first-order valence-electron chi connectivity index (χ1n) is 5.19. The lowest BCUT2D eigenvalue weighted by atomic mass is 10.1. The number of imide groups is 1. The van der Waals surface area contributed by atoms with Crippen LogP contribution in [0.2, 0.25) is 0 Å². The van der Waals surface area contributed by atoms with Crippen LogP contribution in [0.4, 0.5) is 4.79 Å². The summed E-state index contributed by atoms with van der Waals surface area (Å²) < 4.78 is 0. The molecule has 0 bridgehead atoms. The third kappa shape index (κ3) is 2.52. The molecule has 0 spiro atoms. The number of thioether (sulfide) groups is 1. The Morgan fingerprint density at radius 3 is 2.50 bits per heavy atom. The molecule has 1 aliphatic heterocycles. The molecule has 0 saturated carbocycles. The maximum atomic E-state index is 11.4. The fraction of sp³-hybridized carbons (Fsp3) is 0.182. The first kappa shape index (κ1) is 12.6. The highest BCUT2D eigenvalue weighted by Crippen LogP contribution is 2.21. The average molecular weight is 265 g/mol. The molecule has 1 aromatic carbocycles. The van der Waals surface area contributed by atoms with Crippen LogP contribution in [0, 0.1) is 0 Å². The Hall–Kier alpha value is -1.86. The number of nitrogens with two attached hydrogens (primary N) is 1. The lowest BCUT2D eigenvalue weighted by molar-refractivity contribution is -0.125. The maximum Gasteiger partial charge on any atom is 0.289 e. The Kier molecular flexibility index (Phi) is 3.63. The van der Waals surface area contributed by atoms with Crippen molar-refractivity contribution in [2.75, 3.05) is 5.75 Å². The average Bonchev–Trinajstić information content (AvgIpc) is 2.70. The number of benzene rings is 1. The van der Waals surface area contributed by atoms with Gasteiger partial charge in [0, 0.05) is 5.56 Å². The number of amides is 3. The Morgan fingerprint density at radius 2 is 2.00 bits per heavy atom. The van der Waals surface area contributed by atoms with E-state index in [1.807, 2.05) is 5.43 Å². The van der Waals surface area contributed by atoms with E-state index in [9.17, 15) is 14.4 Å². The van der Waals surface area contributed by atoms with Crippen LogP contribution in [-0.2, 0) is 11.3 Å². The molecule has 1 saturated heterocycles. The molecule has 6 nitrogen and oxygen atoms in total. The van der Waals surface area contributed by atoms with E-state index in [1.165, 1.54) is 4.90 Å². The number of hydrogen-bond acceptors (Lipinski definition) is 5.